The summed E-state index contributed by atoms with van der Waals surface area (Å²) in [6.07, 6.45) is 0.237. The summed E-state index contributed by atoms with van der Waals surface area (Å²) in [6, 6.07) is 1.99. The standard InChI is InChI=1S/C12H20N2O4S/c1-11(2,3)18-19(17)14-9(10(15)16)8-12(4,5)6-7-13/h6,8H2,1-5H3,(H,15,16). The van der Waals surface area contributed by atoms with Crippen molar-refractivity contribution in [2.24, 2.45) is 9.81 Å². The summed E-state index contributed by atoms with van der Waals surface area (Å²) in [5.74, 6) is -1.25. The summed E-state index contributed by atoms with van der Waals surface area (Å²) in [6.45, 7) is 8.59. The van der Waals surface area contributed by atoms with Crippen molar-refractivity contribution in [3.8, 4) is 6.07 Å². The number of carboxylic acids is 1. The van der Waals surface area contributed by atoms with Gasteiger partial charge in [-0.3, -0.25) is 4.18 Å². The number of carbonyl (C=O) groups is 1. The fraction of sp³-hybridized carbons (Fsp3) is 0.750. The van der Waals surface area contributed by atoms with Gasteiger partial charge in [-0.15, -0.1) is 0 Å². The molecule has 0 bridgehead atoms. The van der Waals surface area contributed by atoms with Crippen LogP contribution in [0.15, 0.2) is 4.40 Å². The van der Waals surface area contributed by atoms with Crippen LogP contribution in [0.4, 0.5) is 0 Å². The van der Waals surface area contributed by atoms with Crippen LogP contribution in [0, 0.1) is 16.7 Å². The topological polar surface area (TPSA) is 99.8 Å². The number of rotatable bonds is 6. The lowest BCUT2D eigenvalue weighted by Gasteiger charge is -2.20. The second-order valence-corrected chi connectivity index (χ2v) is 6.72. The molecule has 0 saturated carbocycles. The minimum Gasteiger partial charge on any atom is -0.477 e. The lowest BCUT2D eigenvalue weighted by Crippen LogP contribution is -2.25. The molecule has 0 aliphatic rings. The number of hydrogen-bond acceptors (Lipinski definition) is 4. The van der Waals surface area contributed by atoms with Crippen molar-refractivity contribution in [1.82, 2.24) is 0 Å². The minimum absolute atomic E-state index is 0.0507. The molecule has 0 amide bonds. The van der Waals surface area contributed by atoms with Crippen LogP contribution in [0.3, 0.4) is 0 Å². The third-order valence-electron chi connectivity index (χ3n) is 1.96. The molecule has 0 aliphatic carbocycles. The maximum Gasteiger partial charge on any atom is 0.351 e. The summed E-state index contributed by atoms with van der Waals surface area (Å²) in [4.78, 5) is 11.1. The Bertz CT molecular complexity index is 430. The highest BCUT2D eigenvalue weighted by atomic mass is 32.2. The molecule has 19 heavy (non-hydrogen) atoms. The van der Waals surface area contributed by atoms with Crippen molar-refractivity contribution in [3.05, 3.63) is 0 Å². The quantitative estimate of drug-likeness (QED) is 0.755. The van der Waals surface area contributed by atoms with E-state index in [1.54, 1.807) is 34.6 Å². The van der Waals surface area contributed by atoms with Gasteiger partial charge >= 0.3 is 5.97 Å². The molecule has 7 heteroatoms. The van der Waals surface area contributed by atoms with Gasteiger partial charge in [-0.2, -0.15) is 9.66 Å². The van der Waals surface area contributed by atoms with E-state index in [0.29, 0.717) is 0 Å². The van der Waals surface area contributed by atoms with E-state index in [2.05, 4.69) is 4.40 Å². The first-order valence-electron chi connectivity index (χ1n) is 5.76. The van der Waals surface area contributed by atoms with Gasteiger partial charge in [0.25, 0.3) is 11.3 Å². The van der Waals surface area contributed by atoms with Crippen molar-refractivity contribution in [1.29, 1.82) is 5.26 Å². The smallest absolute Gasteiger partial charge is 0.351 e. The lowest BCUT2D eigenvalue weighted by atomic mass is 9.84. The summed E-state index contributed by atoms with van der Waals surface area (Å²) in [5, 5.41) is 17.7. The van der Waals surface area contributed by atoms with E-state index in [1.165, 1.54) is 0 Å². The highest BCUT2D eigenvalue weighted by Crippen LogP contribution is 2.25. The predicted octanol–water partition coefficient (Wildman–Crippen LogP) is 2.24. The van der Waals surface area contributed by atoms with Crippen molar-refractivity contribution >= 4 is 22.9 Å². The third-order valence-corrected chi connectivity index (χ3v) is 2.97. The number of nitriles is 1. The number of nitrogens with zero attached hydrogens (tertiary/aromatic N) is 2. The molecule has 0 aromatic carbocycles. The van der Waals surface area contributed by atoms with Gasteiger partial charge in [-0.25, -0.2) is 9.00 Å². The Kier molecular flexibility index (Phi) is 6.33. The molecule has 1 N–H and O–H groups in total. The minimum atomic E-state index is -2.05. The zero-order chi connectivity index (χ0) is 15.3. The molecule has 0 aromatic heterocycles. The fourth-order valence-corrected chi connectivity index (χ4v) is 1.99. The van der Waals surface area contributed by atoms with Crippen molar-refractivity contribution in [2.75, 3.05) is 0 Å². The Morgan fingerprint density at radius 3 is 2.26 bits per heavy atom. The Balaban J connectivity index is 4.99. The van der Waals surface area contributed by atoms with Gasteiger partial charge in [0, 0.05) is 12.8 Å². The van der Waals surface area contributed by atoms with Crippen LogP contribution >= 0.6 is 0 Å². The van der Waals surface area contributed by atoms with Gasteiger partial charge < -0.3 is 5.11 Å². The first-order chi connectivity index (χ1) is 8.47. The van der Waals surface area contributed by atoms with Crippen LogP contribution in [0.25, 0.3) is 0 Å². The van der Waals surface area contributed by atoms with Crippen LogP contribution in [0.2, 0.25) is 0 Å². The molecule has 0 spiro atoms. The molecule has 108 valence electrons. The van der Waals surface area contributed by atoms with Gasteiger partial charge in [0.05, 0.1) is 11.7 Å². The fourth-order valence-electron chi connectivity index (χ4n) is 1.20. The zero-order valence-corrected chi connectivity index (χ0v) is 12.7. The van der Waals surface area contributed by atoms with E-state index < -0.39 is 28.3 Å². The average molecular weight is 288 g/mol. The first kappa shape index (κ1) is 17.7. The second kappa shape index (κ2) is 6.78. The normalized spacial score (nSPS) is 14.8. The molecule has 0 heterocycles. The molecule has 6 nitrogen and oxygen atoms in total. The third kappa shape index (κ3) is 8.46. The van der Waals surface area contributed by atoms with E-state index in [1.807, 2.05) is 6.07 Å². The van der Waals surface area contributed by atoms with Gasteiger partial charge in [0.1, 0.15) is 5.71 Å². The molecule has 0 saturated heterocycles. The lowest BCUT2D eigenvalue weighted by molar-refractivity contribution is -0.129. The molecule has 0 fully saturated rings. The Morgan fingerprint density at radius 1 is 1.37 bits per heavy atom. The van der Waals surface area contributed by atoms with E-state index in [4.69, 9.17) is 14.6 Å². The summed E-state index contributed by atoms with van der Waals surface area (Å²) in [7, 11) is 0. The van der Waals surface area contributed by atoms with Crippen molar-refractivity contribution < 1.29 is 18.3 Å². The highest BCUT2D eigenvalue weighted by Gasteiger charge is 2.25. The zero-order valence-electron chi connectivity index (χ0n) is 11.9. The molecule has 1 unspecified atom stereocenters. The van der Waals surface area contributed by atoms with E-state index >= 15 is 0 Å². The Hall–Kier alpha value is -1.26. The predicted molar refractivity (Wildman–Crippen MR) is 72.7 cm³/mol. The van der Waals surface area contributed by atoms with Crippen molar-refractivity contribution in [2.45, 2.75) is 53.1 Å². The SMILES string of the molecule is CC(C)(CC#N)CC(=NS(=O)OC(C)(C)C)C(=O)O. The molecule has 0 radical (unpaired) electrons. The summed E-state index contributed by atoms with van der Waals surface area (Å²) in [5.41, 5.74) is -1.47. The van der Waals surface area contributed by atoms with Gasteiger partial charge in [0.15, 0.2) is 0 Å². The maximum absolute atomic E-state index is 11.6. The van der Waals surface area contributed by atoms with Crippen molar-refractivity contribution in [3.63, 3.8) is 0 Å². The van der Waals surface area contributed by atoms with E-state index in [0.717, 1.165) is 0 Å². The van der Waals surface area contributed by atoms with Crippen LogP contribution in [0.1, 0.15) is 47.5 Å². The summed E-state index contributed by atoms with van der Waals surface area (Å²) < 4.78 is 20.2. The van der Waals surface area contributed by atoms with Gasteiger partial charge in [-0.05, 0) is 26.2 Å². The van der Waals surface area contributed by atoms with Crippen LogP contribution in [-0.2, 0) is 20.2 Å². The highest BCUT2D eigenvalue weighted by molar-refractivity contribution is 7.79. The molecule has 0 aromatic rings. The number of aliphatic carboxylic acids is 1. The van der Waals surface area contributed by atoms with Gasteiger partial charge in [-0.1, -0.05) is 13.8 Å². The average Bonchev–Trinajstić information content (AvgIpc) is 2.12. The molecular formula is C12H20N2O4S. The van der Waals surface area contributed by atoms with Gasteiger partial charge in [0.2, 0.25) is 0 Å². The van der Waals surface area contributed by atoms with Crippen LogP contribution in [-0.4, -0.2) is 26.6 Å². The number of carboxylic acid groups (broad SMARTS) is 1. The Labute approximate surface area is 116 Å². The van der Waals surface area contributed by atoms with E-state index in [-0.39, 0.29) is 18.6 Å². The first-order valence-corrected chi connectivity index (χ1v) is 6.79. The maximum atomic E-state index is 11.6. The monoisotopic (exact) mass is 288 g/mol. The molecule has 1 atom stereocenters. The molecule has 0 aliphatic heterocycles. The van der Waals surface area contributed by atoms with E-state index in [9.17, 15) is 9.00 Å². The number of hydrogen-bond donors (Lipinski definition) is 1. The van der Waals surface area contributed by atoms with Crippen LogP contribution in [0.5, 0.6) is 0 Å². The second-order valence-electron chi connectivity index (χ2n) is 5.93. The largest absolute Gasteiger partial charge is 0.477 e. The summed E-state index contributed by atoms with van der Waals surface area (Å²) >= 11 is -2.05. The Morgan fingerprint density at radius 2 is 1.89 bits per heavy atom. The molecular weight excluding hydrogens is 268 g/mol. The van der Waals surface area contributed by atoms with Crippen LogP contribution < -0.4 is 0 Å². The molecule has 0 rings (SSSR count).